The van der Waals surface area contributed by atoms with E-state index in [0.717, 1.165) is 37.1 Å². The molecule has 0 saturated carbocycles. The summed E-state index contributed by atoms with van der Waals surface area (Å²) in [5.41, 5.74) is 2.34. The molecule has 3 heterocycles. The van der Waals surface area contributed by atoms with Crippen molar-refractivity contribution in [2.75, 3.05) is 23.7 Å². The maximum absolute atomic E-state index is 12.7. The molecule has 8 nitrogen and oxygen atoms in total. The number of nitrogens with one attached hydrogen (secondary N) is 3. The number of aryl methyl sites for hydroxylation is 1. The minimum Gasteiger partial charge on any atom is -0.459 e. The van der Waals surface area contributed by atoms with Gasteiger partial charge in [0.05, 0.1) is 16.1 Å². The third-order valence-corrected chi connectivity index (χ3v) is 6.28. The molecule has 1 fully saturated rings. The van der Waals surface area contributed by atoms with E-state index in [1.165, 1.54) is 17.6 Å². The molecule has 32 heavy (non-hydrogen) atoms. The van der Waals surface area contributed by atoms with Crippen molar-refractivity contribution in [3.63, 3.8) is 0 Å². The number of thiophene rings is 1. The first-order valence-electron chi connectivity index (χ1n) is 10.4. The van der Waals surface area contributed by atoms with Gasteiger partial charge in [0.25, 0.3) is 11.8 Å². The summed E-state index contributed by atoms with van der Waals surface area (Å²) >= 11 is 1.21. The van der Waals surface area contributed by atoms with Gasteiger partial charge in [-0.1, -0.05) is 12.1 Å². The van der Waals surface area contributed by atoms with Gasteiger partial charge in [-0.3, -0.25) is 9.59 Å². The molecule has 4 rings (SSSR count). The number of benzene rings is 1. The molecule has 1 aliphatic heterocycles. The predicted molar refractivity (Wildman–Crippen MR) is 123 cm³/mol. The predicted octanol–water partition coefficient (Wildman–Crippen LogP) is 4.46. The minimum absolute atomic E-state index is 0.0954. The molecule has 2 aromatic heterocycles. The highest BCUT2D eigenvalue weighted by molar-refractivity contribution is 7.18. The number of likely N-dealkylation sites (tertiary alicyclic amines) is 1. The molecule has 1 saturated heterocycles. The van der Waals surface area contributed by atoms with Crippen LogP contribution in [0.4, 0.5) is 15.5 Å². The van der Waals surface area contributed by atoms with Crippen molar-refractivity contribution in [2.24, 2.45) is 0 Å². The lowest BCUT2D eigenvalue weighted by atomic mass is 10.2. The van der Waals surface area contributed by atoms with Crippen LogP contribution in [-0.2, 0) is 6.54 Å². The molecule has 3 N–H and O–H groups in total. The second-order valence-electron chi connectivity index (χ2n) is 7.56. The van der Waals surface area contributed by atoms with Crippen molar-refractivity contribution in [3.05, 3.63) is 70.5 Å². The maximum Gasteiger partial charge on any atom is 0.321 e. The number of carbonyl (C=O) groups excluding carboxylic acids is 3. The fraction of sp³-hybridized carbons (Fsp3) is 0.261. The molecule has 0 unspecified atom stereocenters. The molecule has 0 radical (unpaired) electrons. The van der Waals surface area contributed by atoms with Gasteiger partial charge in [0.15, 0.2) is 5.76 Å². The molecule has 0 bridgehead atoms. The van der Waals surface area contributed by atoms with E-state index in [2.05, 4.69) is 16.0 Å². The largest absolute Gasteiger partial charge is 0.459 e. The average Bonchev–Trinajstić information content (AvgIpc) is 3.54. The number of amides is 4. The summed E-state index contributed by atoms with van der Waals surface area (Å²) < 4.78 is 5.09. The highest BCUT2D eigenvalue weighted by Crippen LogP contribution is 2.27. The molecule has 0 atom stereocenters. The highest BCUT2D eigenvalue weighted by Gasteiger charge is 2.18. The van der Waals surface area contributed by atoms with Gasteiger partial charge >= 0.3 is 6.03 Å². The van der Waals surface area contributed by atoms with E-state index in [-0.39, 0.29) is 23.6 Å². The highest BCUT2D eigenvalue weighted by atomic mass is 32.1. The van der Waals surface area contributed by atoms with Crippen LogP contribution in [0.3, 0.4) is 0 Å². The van der Waals surface area contributed by atoms with E-state index in [9.17, 15) is 14.4 Å². The fourth-order valence-electron chi connectivity index (χ4n) is 3.49. The molecular formula is C23H24N4O4S. The van der Waals surface area contributed by atoms with Crippen molar-refractivity contribution in [1.82, 2.24) is 10.2 Å². The van der Waals surface area contributed by atoms with E-state index in [1.54, 1.807) is 23.1 Å². The monoisotopic (exact) mass is 452 g/mol. The number of furan rings is 1. The van der Waals surface area contributed by atoms with Gasteiger partial charge in [-0.15, -0.1) is 11.3 Å². The molecular weight excluding hydrogens is 428 g/mol. The first-order valence-corrected chi connectivity index (χ1v) is 11.2. The zero-order valence-electron chi connectivity index (χ0n) is 17.6. The zero-order chi connectivity index (χ0) is 22.5. The van der Waals surface area contributed by atoms with E-state index in [0.29, 0.717) is 22.1 Å². The summed E-state index contributed by atoms with van der Waals surface area (Å²) in [4.78, 5) is 39.4. The van der Waals surface area contributed by atoms with Gasteiger partial charge in [-0.05, 0) is 61.2 Å². The van der Waals surface area contributed by atoms with E-state index >= 15 is 0 Å². The average molecular weight is 453 g/mol. The lowest BCUT2D eigenvalue weighted by molar-refractivity contribution is 0.0953. The lowest BCUT2D eigenvalue weighted by Crippen LogP contribution is -2.32. The van der Waals surface area contributed by atoms with Crippen LogP contribution in [0.15, 0.2) is 53.1 Å². The Bertz CT molecular complexity index is 1120. The van der Waals surface area contributed by atoms with E-state index < -0.39 is 0 Å². The maximum atomic E-state index is 12.7. The second-order valence-corrected chi connectivity index (χ2v) is 8.61. The summed E-state index contributed by atoms with van der Waals surface area (Å²) in [6, 6.07) is 12.3. The molecule has 0 aliphatic carbocycles. The van der Waals surface area contributed by atoms with Gasteiger partial charge in [0, 0.05) is 25.3 Å². The Morgan fingerprint density at radius 1 is 1.03 bits per heavy atom. The number of carbonyl (C=O) groups is 3. The van der Waals surface area contributed by atoms with Crippen molar-refractivity contribution >= 4 is 39.9 Å². The van der Waals surface area contributed by atoms with Gasteiger partial charge in [0.1, 0.15) is 0 Å². The third-order valence-electron chi connectivity index (χ3n) is 5.13. The number of urea groups is 1. The van der Waals surface area contributed by atoms with Crippen molar-refractivity contribution in [3.8, 4) is 0 Å². The Morgan fingerprint density at radius 3 is 2.59 bits per heavy atom. The van der Waals surface area contributed by atoms with Gasteiger partial charge in [0.2, 0.25) is 0 Å². The second kappa shape index (κ2) is 9.69. The van der Waals surface area contributed by atoms with Crippen molar-refractivity contribution < 1.29 is 18.8 Å². The first kappa shape index (κ1) is 21.6. The number of hydrogen-bond donors (Lipinski definition) is 3. The Balaban J connectivity index is 1.34. The smallest absolute Gasteiger partial charge is 0.321 e. The van der Waals surface area contributed by atoms with Crippen molar-refractivity contribution in [2.45, 2.75) is 26.3 Å². The summed E-state index contributed by atoms with van der Waals surface area (Å²) in [5, 5.41) is 9.13. The van der Waals surface area contributed by atoms with Crippen molar-refractivity contribution in [1.29, 1.82) is 0 Å². The topological polar surface area (TPSA) is 104 Å². The quantitative estimate of drug-likeness (QED) is 0.514. The Morgan fingerprint density at radius 2 is 1.84 bits per heavy atom. The molecule has 1 aromatic carbocycles. The van der Waals surface area contributed by atoms with E-state index in [4.69, 9.17) is 4.42 Å². The van der Waals surface area contributed by atoms with Crippen LogP contribution in [0, 0.1) is 6.92 Å². The number of rotatable bonds is 6. The summed E-state index contributed by atoms with van der Waals surface area (Å²) in [7, 11) is 0. The summed E-state index contributed by atoms with van der Waals surface area (Å²) in [6.07, 6.45) is 3.51. The SMILES string of the molecule is Cc1cc(NC(=O)c2ccco2)sc1C(=O)NCc1cccc(NC(=O)N2CCCC2)c1. The first-order chi connectivity index (χ1) is 15.5. The Labute approximate surface area is 189 Å². The fourth-order valence-corrected chi connectivity index (χ4v) is 4.48. The summed E-state index contributed by atoms with van der Waals surface area (Å²) in [6.45, 7) is 3.71. The Hall–Kier alpha value is -3.59. The molecule has 3 aromatic rings. The van der Waals surface area contributed by atoms with Crippen LogP contribution in [0.2, 0.25) is 0 Å². The number of hydrogen-bond acceptors (Lipinski definition) is 5. The van der Waals surface area contributed by atoms with Gasteiger partial charge in [-0.2, -0.15) is 0 Å². The lowest BCUT2D eigenvalue weighted by Gasteiger charge is -2.16. The van der Waals surface area contributed by atoms with Gasteiger partial charge < -0.3 is 25.3 Å². The van der Waals surface area contributed by atoms with Gasteiger partial charge in [-0.25, -0.2) is 4.79 Å². The Kier molecular flexibility index (Phi) is 6.55. The third kappa shape index (κ3) is 5.17. The molecule has 0 spiro atoms. The van der Waals surface area contributed by atoms with E-state index in [1.807, 2.05) is 31.2 Å². The summed E-state index contributed by atoms with van der Waals surface area (Å²) in [5.74, 6) is -0.382. The van der Waals surface area contributed by atoms with Crippen LogP contribution in [0.25, 0.3) is 0 Å². The van der Waals surface area contributed by atoms with Crippen LogP contribution in [-0.4, -0.2) is 35.8 Å². The van der Waals surface area contributed by atoms with Crippen LogP contribution in [0.1, 0.15) is 44.2 Å². The van der Waals surface area contributed by atoms with Crippen LogP contribution < -0.4 is 16.0 Å². The molecule has 166 valence electrons. The number of anilines is 2. The molecule has 9 heteroatoms. The zero-order valence-corrected chi connectivity index (χ0v) is 18.5. The normalized spacial score (nSPS) is 13.1. The minimum atomic E-state index is -0.365. The van der Waals surface area contributed by atoms with Crippen LogP contribution in [0.5, 0.6) is 0 Å². The van der Waals surface area contributed by atoms with Crippen LogP contribution >= 0.6 is 11.3 Å². The molecule has 1 aliphatic rings. The standard InChI is InChI=1S/C23H24N4O4S/c1-15-12-19(26-21(28)18-8-5-11-31-18)32-20(15)22(29)24-14-16-6-4-7-17(13-16)25-23(30)27-9-2-3-10-27/h4-8,11-13H,2-3,9-10,14H2,1H3,(H,24,29)(H,25,30)(H,26,28). The number of nitrogens with zero attached hydrogens (tertiary/aromatic N) is 1. The molecule has 4 amide bonds.